The van der Waals surface area contributed by atoms with Crippen molar-refractivity contribution in [1.29, 1.82) is 0 Å². The summed E-state index contributed by atoms with van der Waals surface area (Å²) >= 11 is 0. The van der Waals surface area contributed by atoms with Gasteiger partial charge in [-0.25, -0.2) is 19.0 Å². The van der Waals surface area contributed by atoms with E-state index < -0.39 is 11.9 Å². The van der Waals surface area contributed by atoms with Crippen LogP contribution in [-0.4, -0.2) is 28.1 Å². The predicted octanol–water partition coefficient (Wildman–Crippen LogP) is 3.07. The highest BCUT2D eigenvalue weighted by Gasteiger charge is 2.21. The summed E-state index contributed by atoms with van der Waals surface area (Å²) in [7, 11) is 0. The molecule has 0 aliphatic heterocycles. The Bertz CT molecular complexity index is 726. The lowest BCUT2D eigenvalue weighted by molar-refractivity contribution is 0.0363. The first-order chi connectivity index (χ1) is 10.9. The van der Waals surface area contributed by atoms with Crippen molar-refractivity contribution in [2.45, 2.75) is 26.4 Å². The van der Waals surface area contributed by atoms with Crippen LogP contribution in [0.15, 0.2) is 36.5 Å². The van der Waals surface area contributed by atoms with Crippen LogP contribution in [0.1, 0.15) is 45.8 Å². The van der Waals surface area contributed by atoms with Crippen molar-refractivity contribution in [1.82, 2.24) is 4.98 Å². The van der Waals surface area contributed by atoms with Gasteiger partial charge in [-0.3, -0.25) is 0 Å². The number of halogens is 1. The number of carbonyl (C=O) groups is 2. The third-order valence-corrected chi connectivity index (χ3v) is 3.03. The molecule has 5 nitrogen and oxygen atoms in total. The maximum Gasteiger partial charge on any atom is 0.358 e. The molecule has 0 bridgehead atoms. The van der Waals surface area contributed by atoms with Crippen LogP contribution >= 0.6 is 0 Å². The van der Waals surface area contributed by atoms with Crippen molar-refractivity contribution in [3.8, 4) is 0 Å². The van der Waals surface area contributed by atoms with Crippen molar-refractivity contribution in [2.24, 2.45) is 0 Å². The van der Waals surface area contributed by atoms with E-state index in [1.165, 1.54) is 24.4 Å². The molecule has 0 saturated heterocycles. The van der Waals surface area contributed by atoms with Gasteiger partial charge in [-0.15, -0.1) is 0 Å². The molecule has 1 N–H and O–H groups in total. The monoisotopic (exact) mass is 317 g/mol. The lowest BCUT2D eigenvalue weighted by atomic mass is 10.0. The SMILES string of the molecule is CC(C)OC(=O)c1ncc(Cc2ccc(F)cc2)cc1C(=O)O. The highest BCUT2D eigenvalue weighted by atomic mass is 19.1. The summed E-state index contributed by atoms with van der Waals surface area (Å²) in [4.78, 5) is 27.2. The Labute approximate surface area is 132 Å². The zero-order valence-electron chi connectivity index (χ0n) is 12.7. The Morgan fingerprint density at radius 3 is 2.43 bits per heavy atom. The van der Waals surface area contributed by atoms with Crippen LogP contribution in [-0.2, 0) is 11.2 Å². The molecule has 0 aliphatic rings. The van der Waals surface area contributed by atoms with Crippen LogP contribution in [0.25, 0.3) is 0 Å². The molecule has 0 radical (unpaired) electrons. The van der Waals surface area contributed by atoms with Gasteiger partial charge in [-0.2, -0.15) is 0 Å². The number of ether oxygens (including phenoxy) is 1. The first-order valence-electron chi connectivity index (χ1n) is 7.04. The van der Waals surface area contributed by atoms with Gasteiger partial charge in [0.1, 0.15) is 5.82 Å². The number of nitrogens with zero attached hydrogens (tertiary/aromatic N) is 1. The second-order valence-electron chi connectivity index (χ2n) is 5.30. The largest absolute Gasteiger partial charge is 0.478 e. The average Bonchev–Trinajstić information content (AvgIpc) is 2.48. The third kappa shape index (κ3) is 4.35. The Kier molecular flexibility index (Phi) is 5.05. The lowest BCUT2D eigenvalue weighted by Gasteiger charge is -2.10. The zero-order chi connectivity index (χ0) is 17.0. The third-order valence-electron chi connectivity index (χ3n) is 3.03. The first-order valence-corrected chi connectivity index (χ1v) is 7.04. The number of rotatable bonds is 5. The Morgan fingerprint density at radius 2 is 1.87 bits per heavy atom. The second-order valence-corrected chi connectivity index (χ2v) is 5.30. The normalized spacial score (nSPS) is 10.6. The Balaban J connectivity index is 2.30. The molecule has 0 aliphatic carbocycles. The van der Waals surface area contributed by atoms with E-state index in [0.717, 1.165) is 5.56 Å². The van der Waals surface area contributed by atoms with E-state index in [4.69, 9.17) is 4.74 Å². The fourth-order valence-corrected chi connectivity index (χ4v) is 2.04. The lowest BCUT2D eigenvalue weighted by Crippen LogP contribution is -2.17. The molecule has 0 amide bonds. The number of aromatic nitrogens is 1. The molecule has 120 valence electrons. The maximum atomic E-state index is 12.9. The summed E-state index contributed by atoms with van der Waals surface area (Å²) in [5.41, 5.74) is 0.974. The van der Waals surface area contributed by atoms with Gasteiger partial charge in [0.25, 0.3) is 0 Å². The summed E-state index contributed by atoms with van der Waals surface area (Å²) in [5.74, 6) is -2.37. The predicted molar refractivity (Wildman–Crippen MR) is 81.0 cm³/mol. The number of aromatic carboxylic acids is 1. The molecule has 6 heteroatoms. The molecule has 1 aromatic carbocycles. The number of benzene rings is 1. The van der Waals surface area contributed by atoms with Crippen molar-refractivity contribution >= 4 is 11.9 Å². The van der Waals surface area contributed by atoms with Gasteiger partial charge < -0.3 is 9.84 Å². The number of carboxylic acids is 1. The molecular formula is C17H16FNO4. The highest BCUT2D eigenvalue weighted by Crippen LogP contribution is 2.15. The second kappa shape index (κ2) is 7.00. The number of esters is 1. The first kappa shape index (κ1) is 16.6. The van der Waals surface area contributed by atoms with Gasteiger partial charge >= 0.3 is 11.9 Å². The quantitative estimate of drug-likeness (QED) is 0.858. The van der Waals surface area contributed by atoms with Gasteiger partial charge in [0.05, 0.1) is 11.7 Å². The minimum absolute atomic E-state index is 0.213. The van der Waals surface area contributed by atoms with Crippen molar-refractivity contribution in [3.63, 3.8) is 0 Å². The van der Waals surface area contributed by atoms with Crippen LogP contribution < -0.4 is 0 Å². The molecular weight excluding hydrogens is 301 g/mol. The summed E-state index contributed by atoms with van der Waals surface area (Å²) in [6, 6.07) is 7.26. The summed E-state index contributed by atoms with van der Waals surface area (Å²) in [6.07, 6.45) is 1.43. The van der Waals surface area contributed by atoms with E-state index in [1.807, 2.05) is 0 Å². The van der Waals surface area contributed by atoms with Crippen LogP contribution in [0.3, 0.4) is 0 Å². The van der Waals surface area contributed by atoms with E-state index in [1.54, 1.807) is 26.0 Å². The van der Waals surface area contributed by atoms with Crippen LogP contribution in [0, 0.1) is 5.82 Å². The van der Waals surface area contributed by atoms with Gasteiger partial charge in [0, 0.05) is 6.20 Å². The maximum absolute atomic E-state index is 12.9. The minimum Gasteiger partial charge on any atom is -0.478 e. The van der Waals surface area contributed by atoms with Gasteiger partial charge in [-0.05, 0) is 49.6 Å². The Morgan fingerprint density at radius 1 is 1.22 bits per heavy atom. The van der Waals surface area contributed by atoms with Crippen LogP contribution in [0.5, 0.6) is 0 Å². The molecule has 2 aromatic rings. The van der Waals surface area contributed by atoms with Crippen molar-refractivity contribution in [3.05, 3.63) is 64.7 Å². The summed E-state index contributed by atoms with van der Waals surface area (Å²) in [6.45, 7) is 3.34. The fraction of sp³-hybridized carbons (Fsp3) is 0.235. The molecule has 1 aromatic heterocycles. The van der Waals surface area contributed by atoms with E-state index >= 15 is 0 Å². The van der Waals surface area contributed by atoms with E-state index in [2.05, 4.69) is 4.98 Å². The number of carboxylic acid groups (broad SMARTS) is 1. The van der Waals surface area contributed by atoms with Gasteiger partial charge in [0.15, 0.2) is 5.69 Å². The molecule has 0 spiro atoms. The zero-order valence-corrected chi connectivity index (χ0v) is 12.7. The minimum atomic E-state index is -1.26. The molecule has 2 rings (SSSR count). The average molecular weight is 317 g/mol. The smallest absolute Gasteiger partial charge is 0.358 e. The molecule has 0 unspecified atom stereocenters. The van der Waals surface area contributed by atoms with E-state index in [9.17, 15) is 19.1 Å². The summed E-state index contributed by atoms with van der Waals surface area (Å²) < 4.78 is 17.9. The van der Waals surface area contributed by atoms with E-state index in [-0.39, 0.29) is 23.2 Å². The molecule has 0 fully saturated rings. The van der Waals surface area contributed by atoms with Crippen LogP contribution in [0.2, 0.25) is 0 Å². The van der Waals surface area contributed by atoms with Gasteiger partial charge in [-0.1, -0.05) is 12.1 Å². The highest BCUT2D eigenvalue weighted by molar-refractivity contribution is 6.01. The fourth-order valence-electron chi connectivity index (χ4n) is 2.04. The number of hydrogen-bond acceptors (Lipinski definition) is 4. The number of hydrogen-bond donors (Lipinski definition) is 1. The molecule has 23 heavy (non-hydrogen) atoms. The van der Waals surface area contributed by atoms with Gasteiger partial charge in [0.2, 0.25) is 0 Å². The van der Waals surface area contributed by atoms with Crippen molar-refractivity contribution in [2.75, 3.05) is 0 Å². The Hall–Kier alpha value is -2.76. The molecule has 0 atom stereocenters. The standard InChI is InChI=1S/C17H16FNO4/c1-10(2)23-17(22)15-14(16(20)21)8-12(9-19-15)7-11-3-5-13(18)6-4-11/h3-6,8-10H,7H2,1-2H3,(H,20,21). The molecule has 0 saturated carbocycles. The number of carbonyl (C=O) groups excluding carboxylic acids is 1. The number of pyridine rings is 1. The van der Waals surface area contributed by atoms with Crippen LogP contribution in [0.4, 0.5) is 4.39 Å². The topological polar surface area (TPSA) is 76.5 Å². The molecule has 1 heterocycles. The van der Waals surface area contributed by atoms with Crippen molar-refractivity contribution < 1.29 is 23.8 Å². The summed E-state index contributed by atoms with van der Waals surface area (Å²) in [5, 5.41) is 9.28. The van der Waals surface area contributed by atoms with E-state index in [0.29, 0.717) is 12.0 Å².